The maximum Gasteiger partial charge on any atom is 0.300 e. The molecule has 0 bridgehead atoms. The van der Waals surface area contributed by atoms with E-state index in [1.165, 1.54) is 17.4 Å². The molecule has 0 aliphatic heterocycles. The van der Waals surface area contributed by atoms with E-state index in [1.54, 1.807) is 0 Å². The normalized spacial score (nSPS) is 14.0. The second-order valence-electron chi connectivity index (χ2n) is 4.59. The second kappa shape index (κ2) is 5.38. The maximum atomic E-state index is 12.2. The van der Waals surface area contributed by atoms with Gasteiger partial charge in [-0.05, 0) is 18.9 Å². The number of hydrogen-bond acceptors (Lipinski definition) is 6. The summed E-state index contributed by atoms with van der Waals surface area (Å²) in [5, 5.41) is 15.8. The number of carbonyl (C=O) groups is 1. The third-order valence-electron chi connectivity index (χ3n) is 3.03. The number of nitrogens with one attached hydrogen (secondary N) is 1. The maximum absolute atomic E-state index is 12.2. The van der Waals surface area contributed by atoms with Crippen LogP contribution in [0, 0.1) is 10.1 Å². The number of hydrogen-bond donors (Lipinski definition) is 1. The predicted octanol–water partition coefficient (Wildman–Crippen LogP) is 3.23. The molecule has 1 aliphatic carbocycles. The molecule has 1 saturated carbocycles. The zero-order valence-corrected chi connectivity index (χ0v) is 12.1. The summed E-state index contributed by atoms with van der Waals surface area (Å²) in [4.78, 5) is 30.3. The first kappa shape index (κ1) is 13.9. The average Bonchev–Trinajstić information content (AvgIpc) is 3.19. The van der Waals surface area contributed by atoms with Crippen molar-refractivity contribution in [2.75, 3.05) is 5.32 Å². The topological polar surface area (TPSA) is 98.0 Å². The predicted molar refractivity (Wildman–Crippen MR) is 77.9 cm³/mol. The van der Waals surface area contributed by atoms with Gasteiger partial charge in [0.2, 0.25) is 0 Å². The van der Waals surface area contributed by atoms with E-state index in [9.17, 15) is 14.9 Å². The van der Waals surface area contributed by atoms with E-state index in [0.29, 0.717) is 11.0 Å². The molecule has 0 unspecified atom stereocenters. The third-order valence-corrected chi connectivity index (χ3v) is 4.01. The Balaban J connectivity index is 1.83. The number of amides is 1. The Kier molecular flexibility index (Phi) is 3.56. The molecule has 3 rings (SSSR count). The lowest BCUT2D eigenvalue weighted by atomic mass is 10.2. The van der Waals surface area contributed by atoms with Crippen LogP contribution in [0.5, 0.6) is 0 Å². The van der Waals surface area contributed by atoms with Crippen LogP contribution >= 0.6 is 22.9 Å². The van der Waals surface area contributed by atoms with Crippen LogP contribution in [0.1, 0.15) is 34.8 Å². The summed E-state index contributed by atoms with van der Waals surface area (Å²) in [6.07, 6.45) is 3.19. The number of halogens is 1. The van der Waals surface area contributed by atoms with E-state index in [2.05, 4.69) is 15.3 Å². The minimum Gasteiger partial charge on any atom is -0.298 e. The zero-order chi connectivity index (χ0) is 15.0. The number of pyridine rings is 1. The SMILES string of the molecule is O=C(Nc1nc(C2CC2)cs1)c1cc(Cl)ncc1[N+](=O)[O-]. The number of carbonyl (C=O) groups excluding carboxylic acids is 1. The summed E-state index contributed by atoms with van der Waals surface area (Å²) in [7, 11) is 0. The highest BCUT2D eigenvalue weighted by Gasteiger charge is 2.27. The lowest BCUT2D eigenvalue weighted by Crippen LogP contribution is -2.14. The van der Waals surface area contributed by atoms with E-state index in [4.69, 9.17) is 11.6 Å². The molecule has 1 N–H and O–H groups in total. The highest BCUT2D eigenvalue weighted by molar-refractivity contribution is 7.14. The van der Waals surface area contributed by atoms with Gasteiger partial charge in [-0.25, -0.2) is 9.97 Å². The largest absolute Gasteiger partial charge is 0.300 e. The fraction of sp³-hybridized carbons (Fsp3) is 0.250. The molecule has 0 atom stereocenters. The van der Waals surface area contributed by atoms with Crippen molar-refractivity contribution in [2.45, 2.75) is 18.8 Å². The van der Waals surface area contributed by atoms with Gasteiger partial charge in [-0.1, -0.05) is 11.6 Å². The van der Waals surface area contributed by atoms with Gasteiger partial charge in [0, 0.05) is 11.3 Å². The van der Waals surface area contributed by atoms with Crippen LogP contribution in [-0.4, -0.2) is 20.8 Å². The monoisotopic (exact) mass is 324 g/mol. The van der Waals surface area contributed by atoms with Crippen LogP contribution in [0.15, 0.2) is 17.6 Å². The molecular weight excluding hydrogens is 316 g/mol. The van der Waals surface area contributed by atoms with Crippen molar-refractivity contribution in [1.29, 1.82) is 0 Å². The van der Waals surface area contributed by atoms with Crippen LogP contribution in [0.3, 0.4) is 0 Å². The highest BCUT2D eigenvalue weighted by atomic mass is 35.5. The molecule has 1 fully saturated rings. The molecular formula is C12H9ClN4O3S. The van der Waals surface area contributed by atoms with Crippen molar-refractivity contribution in [3.8, 4) is 0 Å². The van der Waals surface area contributed by atoms with Crippen molar-refractivity contribution >= 4 is 39.7 Å². The zero-order valence-electron chi connectivity index (χ0n) is 10.6. The minimum atomic E-state index is -0.671. The minimum absolute atomic E-state index is 0.0172. The molecule has 9 heteroatoms. The van der Waals surface area contributed by atoms with Gasteiger partial charge in [-0.3, -0.25) is 20.2 Å². The number of thiazole rings is 1. The highest BCUT2D eigenvalue weighted by Crippen LogP contribution is 2.41. The molecule has 0 saturated heterocycles. The molecule has 108 valence electrons. The van der Waals surface area contributed by atoms with Crippen molar-refractivity contribution in [1.82, 2.24) is 9.97 Å². The Morgan fingerprint density at radius 2 is 2.29 bits per heavy atom. The van der Waals surface area contributed by atoms with Crippen molar-refractivity contribution in [3.63, 3.8) is 0 Å². The lowest BCUT2D eigenvalue weighted by Gasteiger charge is -2.03. The van der Waals surface area contributed by atoms with E-state index in [-0.39, 0.29) is 10.7 Å². The first-order chi connectivity index (χ1) is 10.0. The molecule has 21 heavy (non-hydrogen) atoms. The van der Waals surface area contributed by atoms with Gasteiger partial charge in [-0.2, -0.15) is 0 Å². The van der Waals surface area contributed by atoms with Crippen LogP contribution < -0.4 is 5.32 Å². The van der Waals surface area contributed by atoms with Gasteiger partial charge >= 0.3 is 0 Å². The van der Waals surface area contributed by atoms with Crippen molar-refractivity contribution in [3.05, 3.63) is 44.2 Å². The summed E-state index contributed by atoms with van der Waals surface area (Å²) in [5.74, 6) is -0.140. The van der Waals surface area contributed by atoms with E-state index in [1.807, 2.05) is 5.38 Å². The van der Waals surface area contributed by atoms with Gasteiger partial charge in [0.25, 0.3) is 11.6 Å². The molecule has 0 aromatic carbocycles. The van der Waals surface area contributed by atoms with E-state index < -0.39 is 16.5 Å². The molecule has 2 aromatic heterocycles. The molecule has 1 aliphatic rings. The Hall–Kier alpha value is -2.06. The second-order valence-corrected chi connectivity index (χ2v) is 5.83. The molecule has 7 nitrogen and oxygen atoms in total. The summed E-state index contributed by atoms with van der Waals surface area (Å²) in [5.41, 5.74) is 0.427. The Morgan fingerprint density at radius 1 is 1.52 bits per heavy atom. The molecule has 1 amide bonds. The van der Waals surface area contributed by atoms with E-state index >= 15 is 0 Å². The van der Waals surface area contributed by atoms with Gasteiger partial charge < -0.3 is 0 Å². The fourth-order valence-corrected chi connectivity index (χ4v) is 2.77. The average molecular weight is 325 g/mol. The Morgan fingerprint density at radius 3 is 2.95 bits per heavy atom. The van der Waals surface area contributed by atoms with Gasteiger partial charge in [-0.15, -0.1) is 11.3 Å². The summed E-state index contributed by atoms with van der Waals surface area (Å²) < 4.78 is 0. The Bertz CT molecular complexity index is 729. The van der Waals surface area contributed by atoms with Gasteiger partial charge in [0.15, 0.2) is 5.13 Å². The number of rotatable bonds is 4. The smallest absolute Gasteiger partial charge is 0.298 e. The number of anilines is 1. The summed E-state index contributed by atoms with van der Waals surface area (Å²) in [6.45, 7) is 0. The fourth-order valence-electron chi connectivity index (χ4n) is 1.82. The van der Waals surface area contributed by atoms with Crippen LogP contribution in [-0.2, 0) is 0 Å². The van der Waals surface area contributed by atoms with Crippen LogP contribution in [0.25, 0.3) is 0 Å². The molecule has 2 heterocycles. The van der Waals surface area contributed by atoms with E-state index in [0.717, 1.165) is 24.7 Å². The molecule has 0 radical (unpaired) electrons. The number of aromatic nitrogens is 2. The van der Waals surface area contributed by atoms with Crippen LogP contribution in [0.2, 0.25) is 5.15 Å². The van der Waals surface area contributed by atoms with Gasteiger partial charge in [0.05, 0.1) is 10.6 Å². The summed E-state index contributed by atoms with van der Waals surface area (Å²) >= 11 is 6.99. The standard InChI is InChI=1S/C12H9ClN4O3S/c13-10-3-7(9(4-14-10)17(19)20)11(18)16-12-15-8(5-21-12)6-1-2-6/h3-6H,1-2H2,(H,15,16,18). The van der Waals surface area contributed by atoms with Crippen LogP contribution in [0.4, 0.5) is 10.8 Å². The van der Waals surface area contributed by atoms with Crippen molar-refractivity contribution in [2.24, 2.45) is 0 Å². The molecule has 0 spiro atoms. The summed E-state index contributed by atoms with van der Waals surface area (Å²) in [6, 6.07) is 1.17. The first-order valence-electron chi connectivity index (χ1n) is 6.11. The lowest BCUT2D eigenvalue weighted by molar-refractivity contribution is -0.385. The van der Waals surface area contributed by atoms with Crippen molar-refractivity contribution < 1.29 is 9.72 Å². The quantitative estimate of drug-likeness (QED) is 0.529. The van der Waals surface area contributed by atoms with Gasteiger partial charge in [0.1, 0.15) is 16.9 Å². The first-order valence-corrected chi connectivity index (χ1v) is 7.37. The number of nitro groups is 1. The number of nitrogens with zero attached hydrogens (tertiary/aromatic N) is 3. The Labute approximate surface area is 128 Å². The third kappa shape index (κ3) is 3.01. The molecule has 2 aromatic rings.